The third-order valence-electron chi connectivity index (χ3n) is 5.11. The third-order valence-corrected chi connectivity index (χ3v) is 5.11. The van der Waals surface area contributed by atoms with E-state index in [4.69, 9.17) is 4.42 Å². The van der Waals surface area contributed by atoms with Crippen molar-refractivity contribution in [1.29, 1.82) is 0 Å². The predicted octanol–water partition coefficient (Wildman–Crippen LogP) is 4.90. The summed E-state index contributed by atoms with van der Waals surface area (Å²) in [5.41, 5.74) is 2.45. The molecule has 0 bridgehead atoms. The summed E-state index contributed by atoms with van der Waals surface area (Å²) in [6.07, 6.45) is -2.05. The molecule has 1 amide bonds. The van der Waals surface area contributed by atoms with Crippen LogP contribution in [0.5, 0.6) is 5.75 Å². The van der Waals surface area contributed by atoms with Gasteiger partial charge >= 0.3 is 6.36 Å². The first kappa shape index (κ1) is 22.1. The van der Waals surface area contributed by atoms with E-state index in [0.29, 0.717) is 28.2 Å². The van der Waals surface area contributed by atoms with E-state index >= 15 is 0 Å². The average Bonchev–Trinajstić information content (AvgIpc) is 3.53. The molecule has 0 unspecified atom stereocenters. The fourth-order valence-corrected chi connectivity index (χ4v) is 3.48. The number of nitrogens with zero attached hydrogens (tertiary/aromatic N) is 4. The molecule has 176 valence electrons. The van der Waals surface area contributed by atoms with Gasteiger partial charge in [0.25, 0.3) is 5.91 Å². The van der Waals surface area contributed by atoms with E-state index < -0.39 is 18.0 Å². The molecule has 1 N–H and O–H groups in total. The van der Waals surface area contributed by atoms with Crippen molar-refractivity contribution in [3.8, 4) is 22.9 Å². The molecule has 11 heteroatoms. The van der Waals surface area contributed by atoms with E-state index in [1.807, 2.05) is 0 Å². The Kier molecular flexibility index (Phi) is 5.65. The number of halogens is 3. The van der Waals surface area contributed by atoms with Crippen LogP contribution in [-0.2, 0) is 6.54 Å². The van der Waals surface area contributed by atoms with Crippen molar-refractivity contribution in [3.63, 3.8) is 0 Å². The fourth-order valence-electron chi connectivity index (χ4n) is 3.48. The van der Waals surface area contributed by atoms with E-state index in [1.54, 1.807) is 54.6 Å². The first-order valence-electron chi connectivity index (χ1n) is 10.3. The molecular weight excluding hydrogens is 463 g/mol. The Balaban J connectivity index is 1.37. The molecule has 3 aromatic heterocycles. The molecule has 3 heterocycles. The van der Waals surface area contributed by atoms with Gasteiger partial charge in [0.15, 0.2) is 5.76 Å². The van der Waals surface area contributed by atoms with Crippen molar-refractivity contribution in [2.75, 3.05) is 0 Å². The van der Waals surface area contributed by atoms with Gasteiger partial charge in [-0.05, 0) is 42.5 Å². The number of carbonyl (C=O) groups excluding carboxylic acids is 1. The van der Waals surface area contributed by atoms with Gasteiger partial charge in [0.2, 0.25) is 0 Å². The van der Waals surface area contributed by atoms with Crippen LogP contribution in [0.2, 0.25) is 0 Å². The number of furan rings is 1. The molecule has 2 aromatic carbocycles. The van der Waals surface area contributed by atoms with Gasteiger partial charge in [0.1, 0.15) is 17.0 Å². The Morgan fingerprint density at radius 2 is 1.91 bits per heavy atom. The number of para-hydroxylation sites is 1. The van der Waals surface area contributed by atoms with Gasteiger partial charge in [-0.15, -0.1) is 18.3 Å². The number of carbonyl (C=O) groups is 1. The SMILES string of the molecule is O=C(NCc1ccc(-n2nnc3ccccc32)cc1OC(F)(F)F)c1ccc(-c2ccco2)nc1. The summed E-state index contributed by atoms with van der Waals surface area (Å²) in [6.45, 7) is -0.206. The number of fused-ring (bicyclic) bond motifs is 1. The molecular formula is C24H16F3N5O3. The van der Waals surface area contributed by atoms with Gasteiger partial charge < -0.3 is 14.5 Å². The summed E-state index contributed by atoms with van der Waals surface area (Å²) >= 11 is 0. The topological polar surface area (TPSA) is 95.1 Å². The lowest BCUT2D eigenvalue weighted by atomic mass is 10.1. The summed E-state index contributed by atoms with van der Waals surface area (Å²) in [5, 5.41) is 10.6. The maximum atomic E-state index is 13.1. The highest BCUT2D eigenvalue weighted by molar-refractivity contribution is 5.94. The minimum atomic E-state index is -4.92. The second-order valence-electron chi connectivity index (χ2n) is 7.42. The van der Waals surface area contributed by atoms with Crippen LogP contribution in [0.3, 0.4) is 0 Å². The second kappa shape index (κ2) is 8.93. The number of hydrogen-bond acceptors (Lipinski definition) is 6. The minimum Gasteiger partial charge on any atom is -0.463 e. The first-order valence-corrected chi connectivity index (χ1v) is 10.3. The zero-order valence-corrected chi connectivity index (χ0v) is 17.9. The van der Waals surface area contributed by atoms with Gasteiger partial charge in [-0.1, -0.05) is 23.4 Å². The molecule has 5 aromatic rings. The quantitative estimate of drug-likeness (QED) is 0.372. The summed E-state index contributed by atoms with van der Waals surface area (Å²) in [4.78, 5) is 16.7. The number of ether oxygens (including phenoxy) is 1. The molecule has 0 fully saturated rings. The fraction of sp³-hybridized carbons (Fsp3) is 0.0833. The van der Waals surface area contributed by atoms with Crippen molar-refractivity contribution in [2.24, 2.45) is 0 Å². The second-order valence-corrected chi connectivity index (χ2v) is 7.42. The number of benzene rings is 2. The number of pyridine rings is 1. The van der Waals surface area contributed by atoms with Crippen molar-refractivity contribution >= 4 is 16.9 Å². The molecule has 0 atom stereocenters. The van der Waals surface area contributed by atoms with Gasteiger partial charge in [0, 0.05) is 24.4 Å². The predicted molar refractivity (Wildman–Crippen MR) is 119 cm³/mol. The summed E-state index contributed by atoms with van der Waals surface area (Å²) < 4.78 is 50.2. The van der Waals surface area contributed by atoms with Crippen LogP contribution in [0.15, 0.2) is 83.6 Å². The zero-order chi connectivity index (χ0) is 24.4. The summed E-state index contributed by atoms with van der Waals surface area (Å²) in [6, 6.07) is 17.9. The molecule has 0 aliphatic heterocycles. The Morgan fingerprint density at radius 1 is 1.06 bits per heavy atom. The molecule has 0 saturated carbocycles. The van der Waals surface area contributed by atoms with Crippen LogP contribution in [0, 0.1) is 0 Å². The van der Waals surface area contributed by atoms with Gasteiger partial charge in [0.05, 0.1) is 23.0 Å². The normalized spacial score (nSPS) is 11.5. The standard InChI is InChI=1S/C24H16F3N5O3/c25-24(26,27)35-22-12-17(32-20-5-2-1-4-18(20)30-31-32)9-7-15(22)13-29-23(33)16-8-10-19(28-14-16)21-6-3-11-34-21/h1-12,14H,13H2,(H,29,33). The molecule has 0 saturated heterocycles. The Hall–Kier alpha value is -4.67. The smallest absolute Gasteiger partial charge is 0.463 e. The molecule has 8 nitrogen and oxygen atoms in total. The Labute approximate surface area is 196 Å². The van der Waals surface area contributed by atoms with E-state index in [0.717, 1.165) is 0 Å². The van der Waals surface area contributed by atoms with Crippen LogP contribution in [0.4, 0.5) is 13.2 Å². The number of nitrogens with one attached hydrogen (secondary N) is 1. The van der Waals surface area contributed by atoms with Gasteiger partial charge in [-0.25, -0.2) is 4.68 Å². The van der Waals surface area contributed by atoms with E-state index in [2.05, 4.69) is 25.3 Å². The van der Waals surface area contributed by atoms with Crippen LogP contribution >= 0.6 is 0 Å². The highest BCUT2D eigenvalue weighted by Crippen LogP contribution is 2.30. The largest absolute Gasteiger partial charge is 0.573 e. The average molecular weight is 479 g/mol. The Morgan fingerprint density at radius 3 is 2.66 bits per heavy atom. The van der Waals surface area contributed by atoms with Crippen LogP contribution < -0.4 is 10.1 Å². The van der Waals surface area contributed by atoms with Crippen molar-refractivity contribution in [1.82, 2.24) is 25.3 Å². The van der Waals surface area contributed by atoms with Crippen LogP contribution in [0.1, 0.15) is 15.9 Å². The highest BCUT2D eigenvalue weighted by atomic mass is 19.4. The van der Waals surface area contributed by atoms with E-state index in [9.17, 15) is 18.0 Å². The van der Waals surface area contributed by atoms with Crippen molar-refractivity contribution in [2.45, 2.75) is 12.9 Å². The lowest BCUT2D eigenvalue weighted by Crippen LogP contribution is -2.24. The van der Waals surface area contributed by atoms with Crippen molar-refractivity contribution in [3.05, 3.63) is 90.3 Å². The van der Waals surface area contributed by atoms with Crippen LogP contribution in [0.25, 0.3) is 28.2 Å². The van der Waals surface area contributed by atoms with Crippen LogP contribution in [-0.4, -0.2) is 32.2 Å². The van der Waals surface area contributed by atoms with Gasteiger partial charge in [-0.3, -0.25) is 9.78 Å². The Bertz CT molecular complexity index is 1480. The molecule has 0 aliphatic carbocycles. The number of amides is 1. The number of alkyl halides is 3. The summed E-state index contributed by atoms with van der Waals surface area (Å²) in [7, 11) is 0. The number of aromatic nitrogens is 4. The third kappa shape index (κ3) is 4.83. The summed E-state index contributed by atoms with van der Waals surface area (Å²) in [5.74, 6) is -0.417. The first-order chi connectivity index (χ1) is 16.9. The number of hydrogen-bond donors (Lipinski definition) is 1. The molecule has 0 radical (unpaired) electrons. The lowest BCUT2D eigenvalue weighted by molar-refractivity contribution is -0.274. The maximum absolute atomic E-state index is 13.1. The van der Waals surface area contributed by atoms with E-state index in [-0.39, 0.29) is 17.7 Å². The zero-order valence-electron chi connectivity index (χ0n) is 17.9. The molecule has 0 aliphatic rings. The lowest BCUT2D eigenvalue weighted by Gasteiger charge is -2.15. The van der Waals surface area contributed by atoms with E-state index in [1.165, 1.54) is 29.3 Å². The molecule has 35 heavy (non-hydrogen) atoms. The minimum absolute atomic E-state index is 0.129. The maximum Gasteiger partial charge on any atom is 0.573 e. The monoisotopic (exact) mass is 479 g/mol. The highest BCUT2D eigenvalue weighted by Gasteiger charge is 2.32. The van der Waals surface area contributed by atoms with Gasteiger partial charge in [-0.2, -0.15) is 0 Å². The number of rotatable bonds is 6. The van der Waals surface area contributed by atoms with Crippen molar-refractivity contribution < 1.29 is 27.1 Å². The molecule has 5 rings (SSSR count). The molecule has 0 spiro atoms.